The zero-order valence-corrected chi connectivity index (χ0v) is 10.8. The van der Waals surface area contributed by atoms with Gasteiger partial charge >= 0.3 is 0 Å². The third-order valence-corrected chi connectivity index (χ3v) is 2.25. The molecule has 0 rings (SSSR count). The lowest BCUT2D eigenvalue weighted by molar-refractivity contribution is -0.118. The molecule has 0 unspecified atom stereocenters. The van der Waals surface area contributed by atoms with Gasteiger partial charge in [-0.15, -0.1) is 5.73 Å². The summed E-state index contributed by atoms with van der Waals surface area (Å²) in [5, 5.41) is 9.40. The van der Waals surface area contributed by atoms with Crippen LogP contribution in [0.2, 0.25) is 0 Å². The summed E-state index contributed by atoms with van der Waals surface area (Å²) in [6.45, 7) is 9.70. The van der Waals surface area contributed by atoms with Crippen LogP contribution < -0.4 is 16.0 Å². The first-order chi connectivity index (χ1) is 8.27. The van der Waals surface area contributed by atoms with Crippen molar-refractivity contribution in [2.24, 2.45) is 0 Å². The summed E-state index contributed by atoms with van der Waals surface area (Å²) in [6, 6.07) is 0. The van der Waals surface area contributed by atoms with Crippen molar-refractivity contribution in [3.05, 3.63) is 18.4 Å². The first-order valence-electron chi connectivity index (χ1n) is 6.27. The predicted molar refractivity (Wildman–Crippen MR) is 72.0 cm³/mol. The average molecular weight is 239 g/mol. The van der Waals surface area contributed by atoms with E-state index < -0.39 is 0 Å². The Bertz CT molecular complexity index is 225. The van der Waals surface area contributed by atoms with Crippen LogP contribution in [-0.2, 0) is 4.79 Å². The van der Waals surface area contributed by atoms with Gasteiger partial charge in [-0.3, -0.25) is 4.79 Å². The van der Waals surface area contributed by atoms with E-state index in [4.69, 9.17) is 0 Å². The van der Waals surface area contributed by atoms with Crippen molar-refractivity contribution >= 4 is 5.91 Å². The molecule has 0 aliphatic heterocycles. The van der Waals surface area contributed by atoms with E-state index in [1.807, 2.05) is 6.08 Å². The molecule has 98 valence electrons. The number of nitrogens with one attached hydrogen (secondary N) is 3. The van der Waals surface area contributed by atoms with Crippen LogP contribution in [0.25, 0.3) is 0 Å². The van der Waals surface area contributed by atoms with Gasteiger partial charge in [0.15, 0.2) is 0 Å². The van der Waals surface area contributed by atoms with Gasteiger partial charge in [0.2, 0.25) is 5.91 Å². The van der Waals surface area contributed by atoms with Crippen LogP contribution in [0.5, 0.6) is 0 Å². The highest BCUT2D eigenvalue weighted by atomic mass is 16.1. The number of carbonyl (C=O) groups excluding carboxylic acids is 1. The fraction of sp³-hybridized carbons (Fsp3) is 0.692. The van der Waals surface area contributed by atoms with Crippen LogP contribution in [-0.4, -0.2) is 38.6 Å². The Labute approximate surface area is 105 Å². The normalized spacial score (nSPS) is 9.71. The van der Waals surface area contributed by atoms with E-state index in [0.29, 0.717) is 0 Å². The van der Waals surface area contributed by atoms with Gasteiger partial charge in [-0.05, 0) is 45.0 Å². The Kier molecular flexibility index (Phi) is 12.1. The first kappa shape index (κ1) is 15.9. The molecule has 0 radical (unpaired) electrons. The van der Waals surface area contributed by atoms with Crippen molar-refractivity contribution in [1.82, 2.24) is 16.0 Å². The second kappa shape index (κ2) is 13.0. The highest BCUT2D eigenvalue weighted by Gasteiger charge is 1.91. The van der Waals surface area contributed by atoms with Crippen LogP contribution in [0.1, 0.15) is 26.2 Å². The van der Waals surface area contributed by atoms with Gasteiger partial charge in [0.25, 0.3) is 0 Å². The lowest BCUT2D eigenvalue weighted by Gasteiger charge is -2.05. The Balaban J connectivity index is 2.98. The van der Waals surface area contributed by atoms with Crippen LogP contribution >= 0.6 is 0 Å². The lowest BCUT2D eigenvalue weighted by Crippen LogP contribution is -2.25. The molecule has 4 nitrogen and oxygen atoms in total. The first-order valence-corrected chi connectivity index (χ1v) is 6.27. The second-order valence-electron chi connectivity index (χ2n) is 3.91. The van der Waals surface area contributed by atoms with E-state index in [1.54, 1.807) is 6.92 Å². The fourth-order valence-electron chi connectivity index (χ4n) is 1.35. The minimum atomic E-state index is 0.0460. The molecule has 0 fully saturated rings. The van der Waals surface area contributed by atoms with Crippen molar-refractivity contribution in [2.75, 3.05) is 32.7 Å². The second-order valence-corrected chi connectivity index (χ2v) is 3.91. The number of unbranched alkanes of at least 4 members (excludes halogenated alkanes) is 1. The van der Waals surface area contributed by atoms with Gasteiger partial charge in [0.05, 0.1) is 0 Å². The quantitative estimate of drug-likeness (QED) is 0.369. The van der Waals surface area contributed by atoms with Gasteiger partial charge in [-0.25, -0.2) is 0 Å². The van der Waals surface area contributed by atoms with Crippen LogP contribution in [0.15, 0.2) is 18.4 Å². The van der Waals surface area contributed by atoms with Crippen molar-refractivity contribution < 1.29 is 4.79 Å². The largest absolute Gasteiger partial charge is 0.356 e. The van der Waals surface area contributed by atoms with Crippen LogP contribution in [0, 0.1) is 0 Å². The lowest BCUT2D eigenvalue weighted by atomic mass is 10.3. The third kappa shape index (κ3) is 14.9. The zero-order valence-electron chi connectivity index (χ0n) is 10.8. The highest BCUT2D eigenvalue weighted by molar-refractivity contribution is 5.72. The van der Waals surface area contributed by atoms with Crippen LogP contribution in [0.3, 0.4) is 0 Å². The minimum Gasteiger partial charge on any atom is -0.356 e. The van der Waals surface area contributed by atoms with E-state index >= 15 is 0 Å². The summed E-state index contributed by atoms with van der Waals surface area (Å²) in [7, 11) is 0. The Hall–Kier alpha value is -1.09. The molecule has 0 saturated carbocycles. The predicted octanol–water partition coefficient (Wildman–Crippen LogP) is 0.813. The van der Waals surface area contributed by atoms with Crippen molar-refractivity contribution in [3.8, 4) is 0 Å². The smallest absolute Gasteiger partial charge is 0.216 e. The van der Waals surface area contributed by atoms with Crippen molar-refractivity contribution in [3.63, 3.8) is 0 Å². The Morgan fingerprint density at radius 1 is 1.12 bits per heavy atom. The Morgan fingerprint density at radius 2 is 1.76 bits per heavy atom. The van der Waals surface area contributed by atoms with Gasteiger partial charge in [0, 0.05) is 20.0 Å². The summed E-state index contributed by atoms with van der Waals surface area (Å²) in [6.07, 6.45) is 5.22. The molecule has 0 aliphatic carbocycles. The van der Waals surface area contributed by atoms with Crippen molar-refractivity contribution in [2.45, 2.75) is 26.2 Å². The topological polar surface area (TPSA) is 53.2 Å². The van der Waals surface area contributed by atoms with Gasteiger partial charge in [0.1, 0.15) is 0 Å². The van der Waals surface area contributed by atoms with Crippen molar-refractivity contribution in [1.29, 1.82) is 0 Å². The molecule has 0 heterocycles. The van der Waals surface area contributed by atoms with E-state index in [9.17, 15) is 4.79 Å². The number of rotatable bonds is 11. The van der Waals surface area contributed by atoms with E-state index in [1.165, 1.54) is 12.8 Å². The molecule has 0 saturated heterocycles. The third-order valence-electron chi connectivity index (χ3n) is 2.25. The summed E-state index contributed by atoms with van der Waals surface area (Å²) in [5.41, 5.74) is 2.73. The number of hydrogen-bond acceptors (Lipinski definition) is 3. The maximum atomic E-state index is 10.6. The van der Waals surface area contributed by atoms with Crippen LogP contribution in [0.4, 0.5) is 0 Å². The summed E-state index contributed by atoms with van der Waals surface area (Å²) in [5.74, 6) is 0.0460. The molecule has 0 bridgehead atoms. The maximum absolute atomic E-state index is 10.6. The molecule has 4 heteroatoms. The standard InChI is InChI=1S/C13H25N3O/c1-3-4-8-14-9-5-6-10-15-11-7-12-16-13(2)17/h4,14-15H,1,5-12H2,2H3,(H,16,17). The number of amides is 1. The molecule has 0 aromatic rings. The molecule has 0 aromatic heterocycles. The SMILES string of the molecule is C=C=CCNCCCCNCCCNC(C)=O. The summed E-state index contributed by atoms with van der Waals surface area (Å²) >= 11 is 0. The summed E-state index contributed by atoms with van der Waals surface area (Å²) < 4.78 is 0. The molecule has 1 amide bonds. The molecule has 17 heavy (non-hydrogen) atoms. The average Bonchev–Trinajstić information content (AvgIpc) is 2.30. The molecular formula is C13H25N3O. The Morgan fingerprint density at radius 3 is 2.41 bits per heavy atom. The van der Waals surface area contributed by atoms with E-state index in [-0.39, 0.29) is 5.91 Å². The fourth-order valence-corrected chi connectivity index (χ4v) is 1.35. The van der Waals surface area contributed by atoms with E-state index in [2.05, 4.69) is 28.3 Å². The van der Waals surface area contributed by atoms with Gasteiger partial charge < -0.3 is 16.0 Å². The zero-order chi connectivity index (χ0) is 12.8. The molecule has 0 aromatic carbocycles. The molecule has 0 atom stereocenters. The molecular weight excluding hydrogens is 214 g/mol. The minimum absolute atomic E-state index is 0.0460. The maximum Gasteiger partial charge on any atom is 0.216 e. The summed E-state index contributed by atoms with van der Waals surface area (Å²) in [4.78, 5) is 10.6. The molecule has 3 N–H and O–H groups in total. The monoisotopic (exact) mass is 239 g/mol. The highest BCUT2D eigenvalue weighted by Crippen LogP contribution is 1.84. The van der Waals surface area contributed by atoms with Gasteiger partial charge in [-0.2, -0.15) is 0 Å². The number of carbonyl (C=O) groups is 1. The molecule has 0 aliphatic rings. The molecule has 0 spiro atoms. The van der Waals surface area contributed by atoms with Gasteiger partial charge in [-0.1, -0.05) is 6.58 Å². The number of hydrogen-bond donors (Lipinski definition) is 3. The van der Waals surface area contributed by atoms with E-state index in [0.717, 1.165) is 39.1 Å².